The lowest BCUT2D eigenvalue weighted by Crippen LogP contribution is -2.66. The van der Waals surface area contributed by atoms with Crippen LogP contribution in [0.3, 0.4) is 0 Å². The van der Waals surface area contributed by atoms with Gasteiger partial charge in [0.05, 0.1) is 13.2 Å². The van der Waals surface area contributed by atoms with Crippen LogP contribution >= 0.6 is 0 Å². The van der Waals surface area contributed by atoms with Crippen LogP contribution in [0.1, 0.15) is 38.7 Å². The molecule has 6 heteroatoms. The summed E-state index contributed by atoms with van der Waals surface area (Å²) in [6.45, 7) is 3.99. The van der Waals surface area contributed by atoms with E-state index in [1.165, 1.54) is 0 Å². The van der Waals surface area contributed by atoms with Gasteiger partial charge < -0.3 is 19.1 Å². The molecule has 4 rings (SSSR count). The highest BCUT2D eigenvalue weighted by Gasteiger charge is 2.64. The van der Waals surface area contributed by atoms with Crippen LogP contribution in [0.25, 0.3) is 0 Å². The number of nitrogens with zero attached hydrogens (tertiary/aromatic N) is 1. The molecule has 2 fully saturated rings. The third-order valence-electron chi connectivity index (χ3n) is 5.55. The van der Waals surface area contributed by atoms with Crippen LogP contribution in [-0.4, -0.2) is 37.4 Å². The number of carbonyl (C=O) groups is 2. The number of piperidine rings is 1. The van der Waals surface area contributed by atoms with Crippen LogP contribution in [0.15, 0.2) is 18.2 Å². The van der Waals surface area contributed by atoms with Gasteiger partial charge in [0.25, 0.3) is 5.79 Å². The average Bonchev–Trinajstić information content (AvgIpc) is 2.58. The van der Waals surface area contributed by atoms with Crippen molar-refractivity contribution in [1.29, 1.82) is 0 Å². The molecule has 0 radical (unpaired) electrons. The molecule has 6 nitrogen and oxygen atoms in total. The summed E-state index contributed by atoms with van der Waals surface area (Å²) in [4.78, 5) is 28.2. The van der Waals surface area contributed by atoms with E-state index in [1.807, 2.05) is 18.2 Å². The van der Waals surface area contributed by atoms with Crippen LogP contribution in [-0.2, 0) is 25.5 Å². The molecule has 1 spiro atoms. The van der Waals surface area contributed by atoms with Crippen molar-refractivity contribution in [3.63, 3.8) is 0 Å². The zero-order valence-electron chi connectivity index (χ0n) is 14.8. The largest absolute Gasteiger partial charge is 0.497 e. The van der Waals surface area contributed by atoms with Crippen molar-refractivity contribution in [1.82, 2.24) is 0 Å². The van der Waals surface area contributed by atoms with Crippen molar-refractivity contribution in [3.05, 3.63) is 23.8 Å². The Morgan fingerprint density at radius 3 is 2.56 bits per heavy atom. The quantitative estimate of drug-likeness (QED) is 0.575. The number of esters is 2. The maximum Gasteiger partial charge on any atom is 0.329 e. The van der Waals surface area contributed by atoms with Gasteiger partial charge in [-0.1, -0.05) is 6.07 Å². The molecule has 25 heavy (non-hydrogen) atoms. The van der Waals surface area contributed by atoms with Gasteiger partial charge >= 0.3 is 11.9 Å². The number of anilines is 1. The Hall–Kier alpha value is -2.24. The van der Waals surface area contributed by atoms with Crippen molar-refractivity contribution in [3.8, 4) is 5.75 Å². The normalized spacial score (nSPS) is 26.4. The molecule has 1 aromatic rings. The van der Waals surface area contributed by atoms with Gasteiger partial charge in [0.15, 0.2) is 5.41 Å². The molecule has 134 valence electrons. The Labute approximate surface area is 147 Å². The standard InChI is InChI=1S/C19H23NO5/c1-18(2)24-16(21)19(17(22)25-18)11-12-7-8-13(23-3)10-14(12)20-9-5-4-6-15(19)20/h7-8,10,15H,4-6,9,11H2,1-3H3. The summed E-state index contributed by atoms with van der Waals surface area (Å²) in [6, 6.07) is 5.54. The van der Waals surface area contributed by atoms with Gasteiger partial charge in [0.1, 0.15) is 5.75 Å². The first-order valence-corrected chi connectivity index (χ1v) is 8.78. The third kappa shape index (κ3) is 2.30. The third-order valence-corrected chi connectivity index (χ3v) is 5.55. The fraction of sp³-hybridized carbons (Fsp3) is 0.579. The summed E-state index contributed by atoms with van der Waals surface area (Å²) < 4.78 is 16.4. The first-order chi connectivity index (χ1) is 11.9. The van der Waals surface area contributed by atoms with Crippen molar-refractivity contribution >= 4 is 17.6 Å². The lowest BCUT2D eigenvalue weighted by Gasteiger charge is -2.53. The average molecular weight is 345 g/mol. The van der Waals surface area contributed by atoms with Crippen LogP contribution < -0.4 is 9.64 Å². The Kier molecular flexibility index (Phi) is 3.49. The van der Waals surface area contributed by atoms with E-state index in [2.05, 4.69) is 4.90 Å². The Bertz CT molecular complexity index is 721. The zero-order chi connectivity index (χ0) is 17.8. The lowest BCUT2D eigenvalue weighted by molar-refractivity contribution is -0.253. The topological polar surface area (TPSA) is 65.1 Å². The highest BCUT2D eigenvalue weighted by molar-refractivity contribution is 6.04. The summed E-state index contributed by atoms with van der Waals surface area (Å²) in [5.41, 5.74) is 0.713. The predicted molar refractivity (Wildman–Crippen MR) is 90.4 cm³/mol. The molecule has 0 N–H and O–H groups in total. The number of methoxy groups -OCH3 is 1. The number of carbonyl (C=O) groups excluding carboxylic acids is 2. The highest BCUT2D eigenvalue weighted by Crippen LogP contribution is 2.50. The molecule has 3 heterocycles. The number of benzene rings is 1. The van der Waals surface area contributed by atoms with Crippen molar-refractivity contribution in [2.75, 3.05) is 18.6 Å². The van der Waals surface area contributed by atoms with Gasteiger partial charge in [-0.15, -0.1) is 0 Å². The van der Waals surface area contributed by atoms with Gasteiger partial charge in [-0.05, 0) is 30.9 Å². The van der Waals surface area contributed by atoms with E-state index in [0.717, 1.165) is 42.8 Å². The van der Waals surface area contributed by atoms with Crippen LogP contribution in [0.5, 0.6) is 5.75 Å². The van der Waals surface area contributed by atoms with E-state index >= 15 is 0 Å². The highest BCUT2D eigenvalue weighted by atomic mass is 16.7. The van der Waals surface area contributed by atoms with Crippen LogP contribution in [0, 0.1) is 5.41 Å². The number of rotatable bonds is 1. The van der Waals surface area contributed by atoms with Gasteiger partial charge in [0, 0.05) is 38.6 Å². The number of cyclic esters (lactones) is 2. The Morgan fingerprint density at radius 2 is 1.88 bits per heavy atom. The van der Waals surface area contributed by atoms with Gasteiger partial charge in [-0.25, -0.2) is 0 Å². The van der Waals surface area contributed by atoms with Crippen molar-refractivity contribution < 1.29 is 23.8 Å². The van der Waals surface area contributed by atoms with E-state index < -0.39 is 23.1 Å². The lowest BCUT2D eigenvalue weighted by atomic mass is 9.68. The molecular formula is C19H23NO5. The van der Waals surface area contributed by atoms with E-state index in [9.17, 15) is 9.59 Å². The molecule has 0 aromatic heterocycles. The minimum Gasteiger partial charge on any atom is -0.497 e. The predicted octanol–water partition coefficient (Wildman–Crippen LogP) is 2.43. The van der Waals surface area contributed by atoms with E-state index in [1.54, 1.807) is 21.0 Å². The summed E-state index contributed by atoms with van der Waals surface area (Å²) >= 11 is 0. The number of hydrogen-bond donors (Lipinski definition) is 0. The van der Waals surface area contributed by atoms with Gasteiger partial charge in [-0.2, -0.15) is 0 Å². The zero-order valence-corrected chi connectivity index (χ0v) is 14.8. The van der Waals surface area contributed by atoms with Crippen molar-refractivity contribution in [2.24, 2.45) is 5.41 Å². The molecule has 3 aliphatic heterocycles. The Morgan fingerprint density at radius 1 is 1.16 bits per heavy atom. The second kappa shape index (κ2) is 5.38. The Balaban J connectivity index is 1.84. The van der Waals surface area contributed by atoms with Crippen molar-refractivity contribution in [2.45, 2.75) is 51.4 Å². The summed E-state index contributed by atoms with van der Waals surface area (Å²) in [6.07, 6.45) is 3.08. The first-order valence-electron chi connectivity index (χ1n) is 8.78. The molecule has 0 bridgehead atoms. The van der Waals surface area contributed by atoms with Gasteiger partial charge in [0.2, 0.25) is 0 Å². The molecule has 0 aliphatic carbocycles. The minimum atomic E-state index is -1.28. The van der Waals surface area contributed by atoms with Gasteiger partial charge in [-0.3, -0.25) is 9.59 Å². The molecule has 3 aliphatic rings. The maximum absolute atomic E-state index is 13.0. The first kappa shape index (κ1) is 16.2. The number of hydrogen-bond acceptors (Lipinski definition) is 6. The molecule has 0 amide bonds. The van der Waals surface area contributed by atoms with Crippen LogP contribution in [0.2, 0.25) is 0 Å². The molecule has 2 saturated heterocycles. The second-order valence-corrected chi connectivity index (χ2v) is 7.53. The minimum absolute atomic E-state index is 0.239. The fourth-order valence-corrected chi connectivity index (χ4v) is 4.39. The van der Waals surface area contributed by atoms with Crippen LogP contribution in [0.4, 0.5) is 5.69 Å². The second-order valence-electron chi connectivity index (χ2n) is 7.53. The molecule has 1 atom stereocenters. The smallest absolute Gasteiger partial charge is 0.329 e. The summed E-state index contributed by atoms with van der Waals surface area (Å²) in [5.74, 6) is -1.37. The molecular weight excluding hydrogens is 322 g/mol. The maximum atomic E-state index is 13.0. The molecule has 1 aromatic carbocycles. The van der Waals surface area contributed by atoms with E-state index in [0.29, 0.717) is 6.42 Å². The SMILES string of the molecule is COc1ccc2c(c1)N1CCCCC1C1(C2)C(=O)OC(C)(C)OC1=O. The van der Waals surface area contributed by atoms with E-state index in [-0.39, 0.29) is 6.04 Å². The monoisotopic (exact) mass is 345 g/mol. The number of fused-ring (bicyclic) bond motifs is 4. The molecule has 1 unspecified atom stereocenters. The summed E-state index contributed by atoms with van der Waals surface area (Å²) in [7, 11) is 1.64. The van der Waals surface area contributed by atoms with E-state index in [4.69, 9.17) is 14.2 Å². The number of ether oxygens (including phenoxy) is 3. The summed E-state index contributed by atoms with van der Waals surface area (Å²) in [5, 5.41) is 0. The molecule has 0 saturated carbocycles. The fourth-order valence-electron chi connectivity index (χ4n) is 4.39.